The first kappa shape index (κ1) is 19.1. The van der Waals surface area contributed by atoms with Gasteiger partial charge >= 0.3 is 0 Å². The van der Waals surface area contributed by atoms with Gasteiger partial charge in [0.15, 0.2) is 5.65 Å². The van der Waals surface area contributed by atoms with Crippen LogP contribution in [0.4, 0.5) is 17.3 Å². The van der Waals surface area contributed by atoms with Gasteiger partial charge in [-0.25, -0.2) is 4.98 Å². The number of rotatable bonds is 5. The lowest BCUT2D eigenvalue weighted by molar-refractivity contribution is -0.124. The number of anilines is 3. The molecular formula is C21H16ClN7O2. The van der Waals surface area contributed by atoms with Crippen molar-refractivity contribution in [3.05, 3.63) is 52.2 Å². The van der Waals surface area contributed by atoms with E-state index < -0.39 is 5.91 Å². The van der Waals surface area contributed by atoms with E-state index in [1.807, 2.05) is 6.07 Å². The first-order chi connectivity index (χ1) is 15.0. The second-order valence-electron chi connectivity index (χ2n) is 7.44. The molecule has 1 aliphatic carbocycles. The van der Waals surface area contributed by atoms with Crippen molar-refractivity contribution in [2.75, 3.05) is 10.6 Å². The van der Waals surface area contributed by atoms with Crippen molar-refractivity contribution in [3.8, 4) is 6.07 Å². The second-order valence-corrected chi connectivity index (χ2v) is 7.84. The van der Waals surface area contributed by atoms with Crippen molar-refractivity contribution in [1.29, 1.82) is 5.26 Å². The van der Waals surface area contributed by atoms with Crippen LogP contribution >= 0.6 is 11.6 Å². The Hall–Kier alpha value is -3.90. The lowest BCUT2D eigenvalue weighted by Crippen LogP contribution is -2.19. The van der Waals surface area contributed by atoms with Gasteiger partial charge in [0.1, 0.15) is 11.6 Å². The third kappa shape index (κ3) is 3.81. The number of nitrogens with one attached hydrogen (secondary N) is 3. The number of nitrogens with zero attached hydrogens (tertiary/aromatic N) is 4. The zero-order chi connectivity index (χ0) is 21.5. The molecule has 0 atom stereocenters. The molecule has 2 aromatic heterocycles. The van der Waals surface area contributed by atoms with Crippen LogP contribution < -0.4 is 16.0 Å². The van der Waals surface area contributed by atoms with Gasteiger partial charge in [-0.3, -0.25) is 14.9 Å². The number of nitriles is 1. The van der Waals surface area contributed by atoms with Crippen LogP contribution in [0.15, 0.2) is 36.0 Å². The van der Waals surface area contributed by atoms with Crippen molar-refractivity contribution >= 4 is 52.5 Å². The molecule has 154 valence electrons. The summed E-state index contributed by atoms with van der Waals surface area (Å²) in [5.41, 5.74) is 2.58. The quantitative estimate of drug-likeness (QED) is 0.417. The van der Waals surface area contributed by atoms with Crippen LogP contribution in [-0.4, -0.2) is 32.5 Å². The molecule has 1 aliphatic heterocycles. The lowest BCUT2D eigenvalue weighted by Gasteiger charge is -2.12. The molecule has 3 heterocycles. The molecule has 1 saturated carbocycles. The van der Waals surface area contributed by atoms with E-state index in [0.29, 0.717) is 44.9 Å². The van der Waals surface area contributed by atoms with Gasteiger partial charge in [-0.1, -0.05) is 11.6 Å². The number of halogens is 1. The number of hydrogen-bond donors (Lipinski definition) is 3. The predicted octanol–water partition coefficient (Wildman–Crippen LogP) is 3.00. The zero-order valence-corrected chi connectivity index (χ0v) is 16.9. The zero-order valence-electron chi connectivity index (χ0n) is 16.1. The fourth-order valence-corrected chi connectivity index (χ4v) is 3.55. The predicted molar refractivity (Wildman–Crippen MR) is 115 cm³/mol. The van der Waals surface area contributed by atoms with Crippen LogP contribution in [0.1, 0.15) is 30.4 Å². The van der Waals surface area contributed by atoms with Crippen LogP contribution in [0, 0.1) is 11.3 Å². The highest BCUT2D eigenvalue weighted by Crippen LogP contribution is 2.30. The number of fused-ring (bicyclic) bond motifs is 1. The van der Waals surface area contributed by atoms with Gasteiger partial charge in [-0.05, 0) is 37.1 Å². The van der Waals surface area contributed by atoms with Gasteiger partial charge in [-0.15, -0.1) is 0 Å². The van der Waals surface area contributed by atoms with Crippen LogP contribution in [-0.2, 0) is 9.59 Å². The minimum Gasteiger partial charge on any atom is -0.367 e. The molecule has 0 unspecified atom stereocenters. The van der Waals surface area contributed by atoms with E-state index in [2.05, 4.69) is 32.1 Å². The molecule has 0 radical (unpaired) electrons. The van der Waals surface area contributed by atoms with Crippen molar-refractivity contribution in [3.63, 3.8) is 0 Å². The first-order valence-corrected chi connectivity index (χ1v) is 10.0. The number of imide groups is 1. The Morgan fingerprint density at radius 1 is 1.29 bits per heavy atom. The van der Waals surface area contributed by atoms with Crippen LogP contribution in [0.5, 0.6) is 0 Å². The molecule has 1 saturated heterocycles. The molecule has 10 heteroatoms. The van der Waals surface area contributed by atoms with Crippen LogP contribution in [0.25, 0.3) is 11.7 Å². The molecule has 2 fully saturated rings. The number of carbonyl (C=O) groups excluding carboxylic acids is 2. The molecule has 2 aliphatic rings. The Kier molecular flexibility index (Phi) is 4.56. The molecule has 5 rings (SSSR count). The molecule has 3 aromatic rings. The Morgan fingerprint density at radius 2 is 2.13 bits per heavy atom. The highest BCUT2D eigenvalue weighted by molar-refractivity contribution is 6.33. The van der Waals surface area contributed by atoms with Crippen LogP contribution in [0.2, 0.25) is 5.02 Å². The summed E-state index contributed by atoms with van der Waals surface area (Å²) in [6.07, 6.45) is 5.43. The van der Waals surface area contributed by atoms with E-state index >= 15 is 0 Å². The molecule has 0 bridgehead atoms. The molecular weight excluding hydrogens is 418 g/mol. The average molecular weight is 434 g/mol. The first-order valence-electron chi connectivity index (χ1n) is 9.67. The summed E-state index contributed by atoms with van der Waals surface area (Å²) < 4.78 is 1.67. The molecule has 31 heavy (non-hydrogen) atoms. The molecule has 3 N–H and O–H groups in total. The standard InChI is InChI=1S/C21H16ClN7O2/c22-15-5-11(9-23)1-4-16(15)26-17-8-18(25-14-2-3-14)29-20(27-17)13(10-24-29)6-12-7-19(30)28-21(12)31/h1,4-6,8,10,14,25H,2-3,7H2,(H,26,27)(H,28,30,31). The number of amides is 2. The number of aromatic nitrogens is 3. The molecule has 0 spiro atoms. The second kappa shape index (κ2) is 7.41. The Bertz CT molecular complexity index is 1320. The van der Waals surface area contributed by atoms with Gasteiger partial charge in [0.05, 0.1) is 35.0 Å². The van der Waals surface area contributed by atoms with E-state index in [4.69, 9.17) is 16.9 Å². The summed E-state index contributed by atoms with van der Waals surface area (Å²) in [4.78, 5) is 28.1. The summed E-state index contributed by atoms with van der Waals surface area (Å²) in [7, 11) is 0. The third-order valence-electron chi connectivity index (χ3n) is 5.01. The topological polar surface area (TPSA) is 124 Å². The Labute approximate surface area is 181 Å². The van der Waals surface area contributed by atoms with E-state index in [0.717, 1.165) is 18.7 Å². The summed E-state index contributed by atoms with van der Waals surface area (Å²) in [5, 5.41) is 22.7. The highest BCUT2D eigenvalue weighted by atomic mass is 35.5. The lowest BCUT2D eigenvalue weighted by atomic mass is 10.1. The number of carbonyl (C=O) groups is 2. The molecule has 2 amide bonds. The van der Waals surface area contributed by atoms with Gasteiger partial charge in [0.2, 0.25) is 5.91 Å². The van der Waals surface area contributed by atoms with Crippen molar-refractivity contribution < 1.29 is 9.59 Å². The third-order valence-corrected chi connectivity index (χ3v) is 5.33. The van der Waals surface area contributed by atoms with Crippen molar-refractivity contribution in [1.82, 2.24) is 19.9 Å². The minimum atomic E-state index is -0.403. The van der Waals surface area contributed by atoms with E-state index in [-0.39, 0.29) is 12.3 Å². The fraction of sp³-hybridized carbons (Fsp3) is 0.190. The van der Waals surface area contributed by atoms with Gasteiger partial charge < -0.3 is 10.6 Å². The smallest absolute Gasteiger partial charge is 0.254 e. The Morgan fingerprint density at radius 3 is 2.81 bits per heavy atom. The SMILES string of the molecule is N#Cc1ccc(Nc2cc(NC3CC3)n3ncc(C=C4CC(=O)NC4=O)c3n2)c(Cl)c1. The maximum atomic E-state index is 12.0. The van der Waals surface area contributed by atoms with E-state index in [1.165, 1.54) is 0 Å². The minimum absolute atomic E-state index is 0.0299. The summed E-state index contributed by atoms with van der Waals surface area (Å²) in [6.45, 7) is 0. The monoisotopic (exact) mass is 433 g/mol. The fourth-order valence-electron chi connectivity index (χ4n) is 3.32. The number of hydrogen-bond acceptors (Lipinski definition) is 7. The van der Waals surface area contributed by atoms with Crippen molar-refractivity contribution in [2.45, 2.75) is 25.3 Å². The number of benzene rings is 1. The van der Waals surface area contributed by atoms with E-state index in [1.54, 1.807) is 35.0 Å². The highest BCUT2D eigenvalue weighted by Gasteiger charge is 2.25. The maximum Gasteiger partial charge on any atom is 0.254 e. The summed E-state index contributed by atoms with van der Waals surface area (Å²) >= 11 is 6.30. The van der Waals surface area contributed by atoms with Gasteiger partial charge in [0.25, 0.3) is 5.91 Å². The molecule has 9 nitrogen and oxygen atoms in total. The largest absolute Gasteiger partial charge is 0.367 e. The van der Waals surface area contributed by atoms with Gasteiger partial charge in [0, 0.05) is 23.2 Å². The Balaban J connectivity index is 1.57. The maximum absolute atomic E-state index is 12.0. The van der Waals surface area contributed by atoms with Crippen LogP contribution in [0.3, 0.4) is 0 Å². The normalized spacial score (nSPS) is 17.1. The van der Waals surface area contributed by atoms with Crippen molar-refractivity contribution in [2.24, 2.45) is 0 Å². The molecule has 1 aromatic carbocycles. The summed E-state index contributed by atoms with van der Waals surface area (Å²) in [6, 6.07) is 9.22. The van der Waals surface area contributed by atoms with E-state index in [9.17, 15) is 9.59 Å². The summed E-state index contributed by atoms with van der Waals surface area (Å²) in [5.74, 6) is 0.541. The van der Waals surface area contributed by atoms with Gasteiger partial charge in [-0.2, -0.15) is 14.9 Å². The average Bonchev–Trinajstić information content (AvgIpc) is 3.38.